The van der Waals surface area contributed by atoms with Gasteiger partial charge in [0.15, 0.2) is 0 Å². The van der Waals surface area contributed by atoms with Crippen LogP contribution in [0, 0.1) is 11.8 Å². The molecule has 1 aromatic heterocycles. The number of nitrogens with one attached hydrogen (secondary N) is 1. The number of H-pyrrole nitrogens is 1. The maximum Gasteiger partial charge on any atom is 0.0925 e. The molecule has 0 saturated heterocycles. The monoisotopic (exact) mass is 318 g/mol. The second-order valence-corrected chi connectivity index (χ2v) is 7.64. The highest BCUT2D eigenvalue weighted by atomic mass is 14.9. The first-order valence-electron chi connectivity index (χ1n) is 10.4. The van der Waals surface area contributed by atoms with Crippen molar-refractivity contribution >= 4 is 0 Å². The van der Waals surface area contributed by atoms with Crippen LogP contribution in [-0.4, -0.2) is 9.97 Å². The molecule has 0 radical (unpaired) electrons. The minimum atomic E-state index is 0.889. The van der Waals surface area contributed by atoms with Gasteiger partial charge in [0.1, 0.15) is 0 Å². The van der Waals surface area contributed by atoms with Crippen molar-refractivity contribution in [2.24, 2.45) is 11.8 Å². The maximum atomic E-state index is 4.53. The first kappa shape index (κ1) is 18.5. The molecule has 1 aliphatic carbocycles. The van der Waals surface area contributed by atoms with Gasteiger partial charge in [-0.1, -0.05) is 78.1 Å². The largest absolute Gasteiger partial charge is 0.348 e. The highest BCUT2D eigenvalue weighted by Crippen LogP contribution is 2.34. The first-order chi connectivity index (χ1) is 11.3. The molecule has 2 unspecified atom stereocenters. The van der Waals surface area contributed by atoms with Crippen molar-refractivity contribution in [2.75, 3.05) is 0 Å². The Labute approximate surface area is 143 Å². The van der Waals surface area contributed by atoms with E-state index in [4.69, 9.17) is 0 Å². The Balaban J connectivity index is 1.86. The lowest BCUT2D eigenvalue weighted by molar-refractivity contribution is 0.260. The molecule has 2 heteroatoms. The lowest BCUT2D eigenvalue weighted by Gasteiger charge is -2.26. The van der Waals surface area contributed by atoms with Crippen molar-refractivity contribution in [1.82, 2.24) is 9.97 Å². The van der Waals surface area contributed by atoms with Crippen LogP contribution in [0.5, 0.6) is 0 Å². The first-order valence-corrected chi connectivity index (χ1v) is 10.4. The summed E-state index contributed by atoms with van der Waals surface area (Å²) in [5.41, 5.74) is 2.79. The van der Waals surface area contributed by atoms with Crippen LogP contribution in [-0.2, 0) is 12.8 Å². The van der Waals surface area contributed by atoms with E-state index in [-0.39, 0.29) is 0 Å². The third-order valence-corrected chi connectivity index (χ3v) is 5.79. The molecule has 0 amide bonds. The molecule has 0 aromatic carbocycles. The number of nitrogens with zero attached hydrogens (tertiary/aromatic N) is 1. The highest BCUT2D eigenvalue weighted by molar-refractivity contribution is 5.14. The number of aromatic nitrogens is 2. The normalized spacial score (nSPS) is 19.3. The van der Waals surface area contributed by atoms with E-state index in [0.717, 1.165) is 11.8 Å². The summed E-state index contributed by atoms with van der Waals surface area (Å²) in [5, 5.41) is 0. The molecule has 2 rings (SSSR count). The number of hydrogen-bond donors (Lipinski definition) is 1. The van der Waals surface area contributed by atoms with Crippen LogP contribution in [0.2, 0.25) is 0 Å². The zero-order valence-electron chi connectivity index (χ0n) is 15.6. The summed E-state index contributed by atoms with van der Waals surface area (Å²) in [4.78, 5) is 7.95. The van der Waals surface area contributed by atoms with E-state index in [1.807, 2.05) is 6.33 Å². The standard InChI is InChI=1S/C21H38N2/c1-3-5-7-8-10-13-18(12-9-6-4-2)19-14-11-15-20-21(16-19)23-17-22-20/h17-19H,3-16H2,1-2H3,(H,22,23). The van der Waals surface area contributed by atoms with Gasteiger partial charge in [-0.25, -0.2) is 4.98 Å². The Bertz CT molecular complexity index is 410. The van der Waals surface area contributed by atoms with Crippen molar-refractivity contribution in [3.05, 3.63) is 17.7 Å². The number of fused-ring (bicyclic) bond motifs is 1. The van der Waals surface area contributed by atoms with Crippen molar-refractivity contribution in [3.63, 3.8) is 0 Å². The molecule has 1 aromatic rings. The van der Waals surface area contributed by atoms with Crippen LogP contribution in [0.1, 0.15) is 102 Å². The topological polar surface area (TPSA) is 28.7 Å². The average molecular weight is 319 g/mol. The van der Waals surface area contributed by atoms with E-state index in [2.05, 4.69) is 23.8 Å². The third kappa shape index (κ3) is 6.31. The van der Waals surface area contributed by atoms with Gasteiger partial charge >= 0.3 is 0 Å². The van der Waals surface area contributed by atoms with Gasteiger partial charge in [0, 0.05) is 5.69 Å². The Morgan fingerprint density at radius 1 is 1.04 bits per heavy atom. The number of hydrogen-bond acceptors (Lipinski definition) is 1. The molecule has 0 fully saturated rings. The number of aryl methyl sites for hydroxylation is 1. The second-order valence-electron chi connectivity index (χ2n) is 7.64. The summed E-state index contributed by atoms with van der Waals surface area (Å²) in [7, 11) is 0. The average Bonchev–Trinajstić information content (AvgIpc) is 2.90. The van der Waals surface area contributed by atoms with E-state index in [0.29, 0.717) is 0 Å². The van der Waals surface area contributed by atoms with Crippen LogP contribution in [0.3, 0.4) is 0 Å². The Kier molecular flexibility index (Phi) is 8.78. The second kappa shape index (κ2) is 10.9. The van der Waals surface area contributed by atoms with Crippen LogP contribution in [0.25, 0.3) is 0 Å². The summed E-state index contributed by atoms with van der Waals surface area (Å²) in [6.07, 6.45) is 21.3. The Hall–Kier alpha value is -0.790. The number of aromatic amines is 1. The van der Waals surface area contributed by atoms with E-state index in [9.17, 15) is 0 Å². The molecule has 0 saturated carbocycles. The minimum Gasteiger partial charge on any atom is -0.348 e. The third-order valence-electron chi connectivity index (χ3n) is 5.79. The molecule has 2 nitrogen and oxygen atoms in total. The smallest absolute Gasteiger partial charge is 0.0925 e. The van der Waals surface area contributed by atoms with Crippen LogP contribution >= 0.6 is 0 Å². The molecule has 0 bridgehead atoms. The number of rotatable bonds is 11. The van der Waals surface area contributed by atoms with Crippen LogP contribution in [0.15, 0.2) is 6.33 Å². The molecule has 132 valence electrons. The Morgan fingerprint density at radius 3 is 2.52 bits per heavy atom. The molecule has 23 heavy (non-hydrogen) atoms. The van der Waals surface area contributed by atoms with Gasteiger partial charge in [0.2, 0.25) is 0 Å². The van der Waals surface area contributed by atoms with Gasteiger partial charge in [-0.2, -0.15) is 0 Å². The predicted octanol–water partition coefficient (Wildman–Crippen LogP) is 6.46. The Morgan fingerprint density at radius 2 is 1.74 bits per heavy atom. The lowest BCUT2D eigenvalue weighted by Crippen LogP contribution is -2.17. The van der Waals surface area contributed by atoms with E-state index in [1.54, 1.807) is 0 Å². The molecule has 2 atom stereocenters. The zero-order valence-corrected chi connectivity index (χ0v) is 15.6. The van der Waals surface area contributed by atoms with Crippen molar-refractivity contribution in [2.45, 2.75) is 104 Å². The molecule has 0 aliphatic heterocycles. The summed E-state index contributed by atoms with van der Waals surface area (Å²) in [6.45, 7) is 4.63. The maximum absolute atomic E-state index is 4.53. The van der Waals surface area contributed by atoms with Gasteiger partial charge in [-0.05, 0) is 37.5 Å². The number of unbranched alkanes of at least 4 members (excludes halogenated alkanes) is 6. The summed E-state index contributed by atoms with van der Waals surface area (Å²) in [6, 6.07) is 0. The number of imidazole rings is 1. The van der Waals surface area contributed by atoms with Crippen molar-refractivity contribution in [3.8, 4) is 0 Å². The summed E-state index contributed by atoms with van der Waals surface area (Å²) in [5.74, 6) is 1.83. The van der Waals surface area contributed by atoms with E-state index in [1.165, 1.54) is 101 Å². The van der Waals surface area contributed by atoms with Gasteiger partial charge in [-0.15, -0.1) is 0 Å². The molecule has 1 aliphatic rings. The van der Waals surface area contributed by atoms with Crippen molar-refractivity contribution < 1.29 is 0 Å². The van der Waals surface area contributed by atoms with Crippen LogP contribution in [0.4, 0.5) is 0 Å². The molecule has 1 heterocycles. The molecule has 0 spiro atoms. The van der Waals surface area contributed by atoms with Gasteiger partial charge in [-0.3, -0.25) is 0 Å². The predicted molar refractivity (Wildman–Crippen MR) is 99.7 cm³/mol. The van der Waals surface area contributed by atoms with E-state index >= 15 is 0 Å². The SMILES string of the molecule is CCCCCCCC(CCCCC)C1CCCc2nc[nH]c2C1. The van der Waals surface area contributed by atoms with Gasteiger partial charge < -0.3 is 4.98 Å². The molecule has 1 N–H and O–H groups in total. The van der Waals surface area contributed by atoms with Gasteiger partial charge in [0.05, 0.1) is 12.0 Å². The minimum absolute atomic E-state index is 0.889. The fourth-order valence-electron chi connectivity index (χ4n) is 4.32. The zero-order chi connectivity index (χ0) is 16.3. The van der Waals surface area contributed by atoms with E-state index < -0.39 is 0 Å². The van der Waals surface area contributed by atoms with Crippen molar-refractivity contribution in [1.29, 1.82) is 0 Å². The summed E-state index contributed by atoms with van der Waals surface area (Å²) >= 11 is 0. The summed E-state index contributed by atoms with van der Waals surface area (Å²) < 4.78 is 0. The lowest BCUT2D eigenvalue weighted by atomic mass is 9.79. The van der Waals surface area contributed by atoms with Crippen LogP contribution < -0.4 is 0 Å². The quantitative estimate of drug-likeness (QED) is 0.368. The molecular weight excluding hydrogens is 280 g/mol. The van der Waals surface area contributed by atoms with Gasteiger partial charge in [0.25, 0.3) is 0 Å². The fourth-order valence-corrected chi connectivity index (χ4v) is 4.32. The fraction of sp³-hybridized carbons (Fsp3) is 0.857. The molecular formula is C21H38N2. The highest BCUT2D eigenvalue weighted by Gasteiger charge is 2.25.